The average molecular weight is 391 g/mol. The molecule has 148 valence electrons. The maximum absolute atomic E-state index is 13.7. The van der Waals surface area contributed by atoms with Crippen molar-refractivity contribution in [1.82, 2.24) is 24.5 Å². The Labute approximate surface area is 159 Å². The van der Waals surface area contributed by atoms with Crippen molar-refractivity contribution >= 4 is 5.52 Å². The summed E-state index contributed by atoms with van der Waals surface area (Å²) in [5.41, 5.74) is 0.715. The van der Waals surface area contributed by atoms with Crippen LogP contribution in [0.2, 0.25) is 0 Å². The Morgan fingerprint density at radius 1 is 1.21 bits per heavy atom. The molecular weight excluding hydrogens is 371 g/mol. The molecule has 1 fully saturated rings. The molecule has 6 nitrogen and oxygen atoms in total. The summed E-state index contributed by atoms with van der Waals surface area (Å²) < 4.78 is 42.6. The largest absolute Gasteiger partial charge is 0.393 e. The molecule has 2 unspecified atom stereocenters. The molecule has 28 heavy (non-hydrogen) atoms. The van der Waals surface area contributed by atoms with E-state index in [2.05, 4.69) is 15.1 Å². The number of aromatic amines is 1. The number of likely N-dealkylation sites (tertiary alicyclic amines) is 1. The quantitative estimate of drug-likeness (QED) is 0.743. The minimum Gasteiger partial charge on any atom is -0.307 e. The first-order valence-electron chi connectivity index (χ1n) is 9.16. The van der Waals surface area contributed by atoms with Gasteiger partial charge in [0.1, 0.15) is 11.6 Å². The van der Waals surface area contributed by atoms with E-state index in [0.717, 1.165) is 5.56 Å². The summed E-state index contributed by atoms with van der Waals surface area (Å²) in [6.07, 6.45) is -2.46. The number of imidazole rings is 1. The van der Waals surface area contributed by atoms with Crippen LogP contribution in [0.4, 0.5) is 13.2 Å². The fourth-order valence-electron chi connectivity index (χ4n) is 3.84. The number of benzene rings is 1. The van der Waals surface area contributed by atoms with Gasteiger partial charge in [-0.2, -0.15) is 18.3 Å². The normalized spacial score (nSPS) is 20.9. The van der Waals surface area contributed by atoms with E-state index in [0.29, 0.717) is 18.8 Å². The average Bonchev–Trinajstić information content (AvgIpc) is 3.26. The standard InChI is InChI=1S/C19H20F3N5O/c1-2-16-23-8-15-18(28)24-17(25-27(15)16)13-10-26(11-14(13)19(20,21)22)9-12-6-4-3-5-7-12/h3-8,13-14H,2,9-11H2,1H3,(H,24,25,28). The smallest absolute Gasteiger partial charge is 0.307 e. The van der Waals surface area contributed by atoms with Crippen LogP contribution in [-0.2, 0) is 13.0 Å². The van der Waals surface area contributed by atoms with E-state index in [1.54, 1.807) is 4.90 Å². The highest BCUT2D eigenvalue weighted by atomic mass is 19.4. The van der Waals surface area contributed by atoms with Gasteiger partial charge in [-0.25, -0.2) is 9.50 Å². The van der Waals surface area contributed by atoms with E-state index in [1.807, 2.05) is 37.3 Å². The van der Waals surface area contributed by atoms with Gasteiger partial charge in [-0.05, 0) is 5.56 Å². The zero-order chi connectivity index (χ0) is 19.9. The lowest BCUT2D eigenvalue weighted by Gasteiger charge is -2.20. The van der Waals surface area contributed by atoms with Crippen LogP contribution in [-0.4, -0.2) is 43.7 Å². The third-order valence-corrected chi connectivity index (χ3v) is 5.22. The molecule has 9 heteroatoms. The van der Waals surface area contributed by atoms with Gasteiger partial charge in [-0.1, -0.05) is 37.3 Å². The number of H-pyrrole nitrogens is 1. The molecule has 1 aliphatic heterocycles. The summed E-state index contributed by atoms with van der Waals surface area (Å²) in [6.45, 7) is 2.31. The number of rotatable bonds is 4. The molecule has 0 aliphatic carbocycles. The molecule has 3 aromatic rings. The number of alkyl halides is 3. The summed E-state index contributed by atoms with van der Waals surface area (Å²) in [5, 5.41) is 4.33. The van der Waals surface area contributed by atoms with Gasteiger partial charge in [0.25, 0.3) is 5.56 Å². The molecule has 0 saturated carbocycles. The maximum Gasteiger partial charge on any atom is 0.393 e. The van der Waals surface area contributed by atoms with E-state index in [1.165, 1.54) is 10.7 Å². The number of hydrogen-bond acceptors (Lipinski definition) is 4. The molecule has 4 rings (SSSR count). The molecule has 1 aliphatic rings. The zero-order valence-electron chi connectivity index (χ0n) is 15.3. The fraction of sp³-hybridized carbons (Fsp3) is 0.421. The van der Waals surface area contributed by atoms with Gasteiger partial charge < -0.3 is 4.98 Å². The topological polar surface area (TPSA) is 66.3 Å². The SMILES string of the molecule is CCc1ncc2c(=O)[nH]c(C3CN(Cc4ccccc4)CC3C(F)(F)F)nn12. The van der Waals surface area contributed by atoms with Crippen LogP contribution in [0.5, 0.6) is 0 Å². The number of nitrogens with one attached hydrogen (secondary N) is 1. The van der Waals surface area contributed by atoms with Crippen molar-refractivity contribution in [3.63, 3.8) is 0 Å². The highest BCUT2D eigenvalue weighted by molar-refractivity contribution is 5.42. The summed E-state index contributed by atoms with van der Waals surface area (Å²) in [5.74, 6) is -1.92. The van der Waals surface area contributed by atoms with Crippen molar-refractivity contribution in [2.45, 2.75) is 32.0 Å². The second-order valence-corrected chi connectivity index (χ2v) is 7.10. The molecule has 0 radical (unpaired) electrons. The molecule has 0 bridgehead atoms. The van der Waals surface area contributed by atoms with Crippen LogP contribution in [0.25, 0.3) is 5.52 Å². The summed E-state index contributed by atoms with van der Waals surface area (Å²) in [7, 11) is 0. The van der Waals surface area contributed by atoms with Gasteiger partial charge in [0.15, 0.2) is 5.52 Å². The van der Waals surface area contributed by atoms with Crippen molar-refractivity contribution in [3.8, 4) is 0 Å². The van der Waals surface area contributed by atoms with Gasteiger partial charge in [0.2, 0.25) is 0 Å². The van der Waals surface area contributed by atoms with Crippen LogP contribution in [0, 0.1) is 5.92 Å². The Morgan fingerprint density at radius 3 is 2.64 bits per heavy atom. The zero-order valence-corrected chi connectivity index (χ0v) is 15.3. The second kappa shape index (κ2) is 7.05. The van der Waals surface area contributed by atoms with E-state index in [9.17, 15) is 18.0 Å². The van der Waals surface area contributed by atoms with Gasteiger partial charge in [0, 0.05) is 32.0 Å². The maximum atomic E-state index is 13.7. The van der Waals surface area contributed by atoms with E-state index in [4.69, 9.17) is 0 Å². The predicted molar refractivity (Wildman–Crippen MR) is 97.0 cm³/mol. The highest BCUT2D eigenvalue weighted by Gasteiger charge is 2.51. The Kier molecular flexibility index (Phi) is 4.70. The van der Waals surface area contributed by atoms with Crippen LogP contribution in [0.1, 0.15) is 30.1 Å². The van der Waals surface area contributed by atoms with Crippen molar-refractivity contribution in [2.24, 2.45) is 5.92 Å². The van der Waals surface area contributed by atoms with Crippen LogP contribution >= 0.6 is 0 Å². The van der Waals surface area contributed by atoms with Crippen molar-refractivity contribution < 1.29 is 13.2 Å². The number of aryl methyl sites for hydroxylation is 1. The van der Waals surface area contributed by atoms with Gasteiger partial charge >= 0.3 is 6.18 Å². The lowest BCUT2D eigenvalue weighted by atomic mass is 9.95. The molecular formula is C19H20F3N5O. The van der Waals surface area contributed by atoms with E-state index in [-0.39, 0.29) is 24.4 Å². The minimum absolute atomic E-state index is 0.0584. The lowest BCUT2D eigenvalue weighted by molar-refractivity contribution is -0.174. The lowest BCUT2D eigenvalue weighted by Crippen LogP contribution is -2.31. The minimum atomic E-state index is -4.38. The van der Waals surface area contributed by atoms with Gasteiger partial charge in [-0.15, -0.1) is 0 Å². The fourth-order valence-corrected chi connectivity index (χ4v) is 3.84. The Morgan fingerprint density at radius 2 is 1.96 bits per heavy atom. The number of aromatic nitrogens is 4. The first-order chi connectivity index (χ1) is 13.4. The highest BCUT2D eigenvalue weighted by Crippen LogP contribution is 2.42. The molecule has 0 spiro atoms. The van der Waals surface area contributed by atoms with Crippen LogP contribution in [0.3, 0.4) is 0 Å². The summed E-state index contributed by atoms with van der Waals surface area (Å²) in [6, 6.07) is 9.38. The van der Waals surface area contributed by atoms with E-state index >= 15 is 0 Å². The third kappa shape index (κ3) is 3.42. The number of fused-ring (bicyclic) bond motifs is 1. The Balaban J connectivity index is 1.70. The molecule has 1 aromatic carbocycles. The number of hydrogen-bond donors (Lipinski definition) is 1. The first kappa shape index (κ1) is 18.7. The van der Waals surface area contributed by atoms with Gasteiger partial charge in [0.05, 0.1) is 12.1 Å². The van der Waals surface area contributed by atoms with Crippen molar-refractivity contribution in [2.75, 3.05) is 13.1 Å². The molecule has 3 heterocycles. The first-order valence-corrected chi connectivity index (χ1v) is 9.16. The second-order valence-electron chi connectivity index (χ2n) is 7.10. The van der Waals surface area contributed by atoms with Gasteiger partial charge in [-0.3, -0.25) is 9.69 Å². The Hall–Kier alpha value is -2.68. The van der Waals surface area contributed by atoms with E-state index < -0.39 is 23.6 Å². The summed E-state index contributed by atoms with van der Waals surface area (Å²) in [4.78, 5) is 20.8. The third-order valence-electron chi connectivity index (χ3n) is 5.22. The monoisotopic (exact) mass is 391 g/mol. The van der Waals surface area contributed by atoms with Crippen molar-refractivity contribution in [1.29, 1.82) is 0 Å². The molecule has 0 amide bonds. The molecule has 2 aromatic heterocycles. The van der Waals surface area contributed by atoms with Crippen LogP contribution < -0.4 is 5.56 Å². The van der Waals surface area contributed by atoms with Crippen LogP contribution in [0.15, 0.2) is 41.3 Å². The number of halogens is 3. The Bertz CT molecular complexity index is 1030. The number of nitrogens with zero attached hydrogens (tertiary/aromatic N) is 4. The molecule has 1 saturated heterocycles. The predicted octanol–water partition coefficient (Wildman–Crippen LogP) is 2.76. The molecule has 1 N–H and O–H groups in total. The summed E-state index contributed by atoms with van der Waals surface area (Å²) >= 11 is 0. The molecule has 2 atom stereocenters. The van der Waals surface area contributed by atoms with Crippen molar-refractivity contribution in [3.05, 3.63) is 64.1 Å².